The molecule has 0 aliphatic rings. The highest BCUT2D eigenvalue weighted by molar-refractivity contribution is 7.90. The van der Waals surface area contributed by atoms with Gasteiger partial charge in [-0.25, -0.2) is 4.79 Å². The second kappa shape index (κ2) is 6.04. The van der Waals surface area contributed by atoms with Gasteiger partial charge in [0.2, 0.25) is 5.71 Å². The number of carbonyl (C=O) groups excluding carboxylic acids is 1. The molecule has 0 aliphatic heterocycles. The number of sulfonamides is 1. The van der Waals surface area contributed by atoms with Gasteiger partial charge in [0, 0.05) is 0 Å². The molecule has 1 aromatic carbocycles. The summed E-state index contributed by atoms with van der Waals surface area (Å²) in [5, 5.41) is 0. The van der Waals surface area contributed by atoms with Crippen LogP contribution in [-0.4, -0.2) is 32.9 Å². The van der Waals surface area contributed by atoms with Crippen LogP contribution >= 0.6 is 0 Å². The Balaban J connectivity index is 3.31. The monoisotopic (exact) mass is 309 g/mol. The van der Waals surface area contributed by atoms with E-state index in [4.69, 9.17) is 0 Å². The van der Waals surface area contributed by atoms with Crippen LogP contribution in [0.2, 0.25) is 0 Å². The van der Waals surface area contributed by atoms with E-state index in [-0.39, 0.29) is 6.61 Å². The Morgan fingerprint density at radius 2 is 1.80 bits per heavy atom. The Morgan fingerprint density at radius 3 is 2.25 bits per heavy atom. The molecule has 0 N–H and O–H groups in total. The maximum atomic E-state index is 12.6. The Kier molecular flexibility index (Phi) is 4.88. The molecule has 110 valence electrons. The zero-order valence-corrected chi connectivity index (χ0v) is 11.0. The van der Waals surface area contributed by atoms with Crippen molar-refractivity contribution in [2.24, 2.45) is 4.40 Å². The lowest BCUT2D eigenvalue weighted by Gasteiger charge is -2.09. The van der Waals surface area contributed by atoms with Crippen LogP contribution in [0.3, 0.4) is 0 Å². The number of halogens is 3. The molecule has 0 aliphatic carbocycles. The van der Waals surface area contributed by atoms with Crippen LogP contribution in [0, 0.1) is 0 Å². The third-order valence-corrected chi connectivity index (χ3v) is 3.28. The van der Waals surface area contributed by atoms with Gasteiger partial charge >= 0.3 is 12.1 Å². The number of esters is 1. The number of carbonyl (C=O) groups is 1. The summed E-state index contributed by atoms with van der Waals surface area (Å²) < 4.78 is 68.1. The minimum atomic E-state index is -5.23. The van der Waals surface area contributed by atoms with Crippen molar-refractivity contribution in [3.05, 3.63) is 30.3 Å². The van der Waals surface area contributed by atoms with Gasteiger partial charge in [-0.3, -0.25) is 0 Å². The van der Waals surface area contributed by atoms with Gasteiger partial charge in [-0.1, -0.05) is 18.2 Å². The van der Waals surface area contributed by atoms with Crippen LogP contribution in [0.5, 0.6) is 0 Å². The lowest BCUT2D eigenvalue weighted by atomic mass is 10.4. The predicted octanol–water partition coefficient (Wildman–Crippen LogP) is 1.94. The van der Waals surface area contributed by atoms with Crippen LogP contribution in [-0.2, 0) is 19.6 Å². The molecule has 0 spiro atoms. The Hall–Kier alpha value is -1.90. The summed E-state index contributed by atoms with van der Waals surface area (Å²) in [5.41, 5.74) is -2.11. The summed E-state index contributed by atoms with van der Waals surface area (Å²) in [6.45, 7) is 0.955. The van der Waals surface area contributed by atoms with E-state index in [2.05, 4.69) is 9.13 Å². The number of hydrogen-bond acceptors (Lipinski definition) is 4. The second-order valence-corrected chi connectivity index (χ2v) is 5.05. The molecule has 1 rings (SSSR count). The van der Waals surface area contributed by atoms with Gasteiger partial charge in [0.05, 0.1) is 11.5 Å². The van der Waals surface area contributed by atoms with Gasteiger partial charge in [0.1, 0.15) is 0 Å². The molecule has 0 fully saturated rings. The van der Waals surface area contributed by atoms with Crippen molar-refractivity contribution in [1.82, 2.24) is 0 Å². The summed E-state index contributed by atoms with van der Waals surface area (Å²) in [5.74, 6) is -1.83. The fourth-order valence-corrected chi connectivity index (χ4v) is 2.19. The summed E-state index contributed by atoms with van der Waals surface area (Å²) >= 11 is 0. The molecule has 0 saturated heterocycles. The molecule has 0 radical (unpaired) electrons. The molecule has 1 aromatic rings. The van der Waals surface area contributed by atoms with Gasteiger partial charge in [-0.15, -0.1) is 4.40 Å². The van der Waals surface area contributed by atoms with E-state index in [0.29, 0.717) is 0 Å². The molecule has 0 amide bonds. The van der Waals surface area contributed by atoms with Crippen molar-refractivity contribution in [2.75, 3.05) is 6.61 Å². The molecule has 0 heterocycles. The number of hydrogen-bond donors (Lipinski definition) is 0. The Labute approximate surface area is 113 Å². The number of alkyl halides is 3. The molecule has 0 saturated carbocycles. The van der Waals surface area contributed by atoms with Gasteiger partial charge in [0.15, 0.2) is 0 Å². The minimum absolute atomic E-state index is 0.334. The average molecular weight is 309 g/mol. The number of nitrogens with zero attached hydrogens (tertiary/aromatic N) is 1. The van der Waals surface area contributed by atoms with Crippen molar-refractivity contribution in [2.45, 2.75) is 18.0 Å². The molecule has 0 bridgehead atoms. The van der Waals surface area contributed by atoms with Crippen LogP contribution in [0.25, 0.3) is 0 Å². The van der Waals surface area contributed by atoms with Crippen molar-refractivity contribution in [3.8, 4) is 0 Å². The predicted molar refractivity (Wildman–Crippen MR) is 63.8 cm³/mol. The largest absolute Gasteiger partial charge is 0.461 e. The molecule has 5 nitrogen and oxygen atoms in total. The first kappa shape index (κ1) is 16.2. The topological polar surface area (TPSA) is 72.8 Å². The summed E-state index contributed by atoms with van der Waals surface area (Å²) in [7, 11) is -4.64. The molecule has 9 heteroatoms. The van der Waals surface area contributed by atoms with Crippen LogP contribution in [0.4, 0.5) is 13.2 Å². The number of ether oxygens (including phenoxy) is 1. The maximum Gasteiger partial charge on any atom is 0.441 e. The zero-order chi connectivity index (χ0) is 15.4. The van der Waals surface area contributed by atoms with Gasteiger partial charge in [0.25, 0.3) is 10.0 Å². The van der Waals surface area contributed by atoms with E-state index < -0.39 is 32.8 Å². The Bertz CT molecular complexity index is 608. The summed E-state index contributed by atoms with van der Waals surface area (Å²) in [4.78, 5) is 10.7. The van der Waals surface area contributed by atoms with E-state index in [1.807, 2.05) is 0 Å². The average Bonchev–Trinajstić information content (AvgIpc) is 2.36. The van der Waals surface area contributed by atoms with Gasteiger partial charge < -0.3 is 4.74 Å². The highest BCUT2D eigenvalue weighted by Gasteiger charge is 2.43. The van der Waals surface area contributed by atoms with E-state index in [9.17, 15) is 26.4 Å². The molecular formula is C11H10F3NO4S. The first-order chi connectivity index (χ1) is 9.18. The normalized spacial score (nSPS) is 13.1. The van der Waals surface area contributed by atoms with Gasteiger partial charge in [-0.2, -0.15) is 21.6 Å². The van der Waals surface area contributed by atoms with E-state index >= 15 is 0 Å². The molecule has 0 unspecified atom stereocenters. The lowest BCUT2D eigenvalue weighted by molar-refractivity contribution is -0.139. The first-order valence-corrected chi connectivity index (χ1v) is 6.77. The summed E-state index contributed by atoms with van der Waals surface area (Å²) in [6.07, 6.45) is -5.23. The third kappa shape index (κ3) is 4.05. The first-order valence-electron chi connectivity index (χ1n) is 5.33. The molecule has 0 aromatic heterocycles. The SMILES string of the molecule is CCOC(=O)/C(=N/S(=O)(=O)c1ccccc1)C(F)(F)F. The van der Waals surface area contributed by atoms with Crippen LogP contribution in [0.15, 0.2) is 39.6 Å². The fraction of sp³-hybridized carbons (Fsp3) is 0.273. The molecule has 20 heavy (non-hydrogen) atoms. The smallest absolute Gasteiger partial charge is 0.441 e. The Morgan fingerprint density at radius 1 is 1.25 bits per heavy atom. The van der Waals surface area contributed by atoms with E-state index in [1.54, 1.807) is 0 Å². The third-order valence-electron chi connectivity index (χ3n) is 1.99. The van der Waals surface area contributed by atoms with Crippen molar-refractivity contribution >= 4 is 21.7 Å². The standard InChI is InChI=1S/C11H10F3NO4S/c1-2-19-10(16)9(11(12,13)14)15-20(17,18)8-6-4-3-5-7-8/h3-7H,2H2,1H3/b15-9-. The van der Waals surface area contributed by atoms with Crippen molar-refractivity contribution in [3.63, 3.8) is 0 Å². The minimum Gasteiger partial charge on any atom is -0.461 e. The second-order valence-electron chi connectivity index (χ2n) is 3.45. The fourth-order valence-electron chi connectivity index (χ4n) is 1.17. The molecule has 0 atom stereocenters. The van der Waals surface area contributed by atoms with Crippen molar-refractivity contribution < 1.29 is 31.1 Å². The maximum absolute atomic E-state index is 12.6. The number of benzene rings is 1. The summed E-state index contributed by atoms with van der Waals surface area (Å²) in [6, 6.07) is 6.26. The van der Waals surface area contributed by atoms with Crippen LogP contribution in [0.1, 0.15) is 6.92 Å². The lowest BCUT2D eigenvalue weighted by Crippen LogP contribution is -2.33. The molecular weight excluding hydrogens is 299 g/mol. The van der Waals surface area contributed by atoms with E-state index in [1.165, 1.54) is 25.1 Å². The number of rotatable bonds is 4. The highest BCUT2D eigenvalue weighted by Crippen LogP contribution is 2.21. The highest BCUT2D eigenvalue weighted by atomic mass is 32.2. The van der Waals surface area contributed by atoms with Crippen LogP contribution < -0.4 is 0 Å². The van der Waals surface area contributed by atoms with E-state index in [0.717, 1.165) is 12.1 Å². The zero-order valence-electron chi connectivity index (χ0n) is 10.2. The van der Waals surface area contributed by atoms with Crippen molar-refractivity contribution in [1.29, 1.82) is 0 Å². The van der Waals surface area contributed by atoms with Gasteiger partial charge in [-0.05, 0) is 19.1 Å². The quantitative estimate of drug-likeness (QED) is 0.629.